The van der Waals surface area contributed by atoms with E-state index >= 15 is 0 Å². The molecule has 0 fully saturated rings. The Morgan fingerprint density at radius 1 is 1.42 bits per heavy atom. The van der Waals surface area contributed by atoms with Gasteiger partial charge >= 0.3 is 0 Å². The molecule has 0 aromatic carbocycles. The van der Waals surface area contributed by atoms with E-state index < -0.39 is 0 Å². The Balaban J connectivity index is 2.27. The molecule has 0 bridgehead atoms. The number of aromatic nitrogens is 3. The van der Waals surface area contributed by atoms with E-state index in [2.05, 4.69) is 15.4 Å². The monoisotopic (exact) mass is 256 g/mol. The summed E-state index contributed by atoms with van der Waals surface area (Å²) in [6, 6.07) is 5.39. The highest BCUT2D eigenvalue weighted by atomic mass is 16.1. The smallest absolute Gasteiger partial charge is 0.251 e. The van der Waals surface area contributed by atoms with Gasteiger partial charge in [0.05, 0.1) is 5.69 Å². The molecular weight excluding hydrogens is 240 g/mol. The molecule has 0 aliphatic heterocycles. The van der Waals surface area contributed by atoms with Gasteiger partial charge in [0.1, 0.15) is 0 Å². The van der Waals surface area contributed by atoms with Crippen molar-refractivity contribution >= 4 is 11.6 Å². The summed E-state index contributed by atoms with van der Waals surface area (Å²) in [7, 11) is 0. The number of rotatable bonds is 4. The molecule has 0 unspecified atom stereocenters. The molecule has 2 rings (SSSR count). The van der Waals surface area contributed by atoms with Gasteiger partial charge in [0.2, 0.25) is 0 Å². The van der Waals surface area contributed by atoms with Crippen molar-refractivity contribution < 1.29 is 4.79 Å². The SMILES string of the molecule is CCC=C(C)C(=O)Nc1cccnc1-n1cccn1. The first-order chi connectivity index (χ1) is 9.22. The van der Waals surface area contributed by atoms with Gasteiger partial charge in [-0.2, -0.15) is 5.10 Å². The second kappa shape index (κ2) is 5.95. The Labute approximate surface area is 112 Å². The Morgan fingerprint density at radius 2 is 2.26 bits per heavy atom. The second-order valence-corrected chi connectivity index (χ2v) is 4.07. The number of nitrogens with zero attached hydrogens (tertiary/aromatic N) is 3. The maximum Gasteiger partial charge on any atom is 0.251 e. The molecule has 1 amide bonds. The van der Waals surface area contributed by atoms with Gasteiger partial charge in [0.15, 0.2) is 5.82 Å². The Kier molecular flexibility index (Phi) is 4.07. The zero-order valence-corrected chi connectivity index (χ0v) is 11.0. The molecule has 0 atom stereocenters. The summed E-state index contributed by atoms with van der Waals surface area (Å²) >= 11 is 0. The van der Waals surface area contributed by atoms with E-state index in [1.165, 1.54) is 0 Å². The van der Waals surface area contributed by atoms with Crippen molar-refractivity contribution in [3.63, 3.8) is 0 Å². The molecule has 2 aromatic rings. The molecule has 0 aliphatic carbocycles. The molecule has 19 heavy (non-hydrogen) atoms. The summed E-state index contributed by atoms with van der Waals surface area (Å²) in [6.07, 6.45) is 7.84. The standard InChI is InChI=1S/C14H16N4O/c1-3-6-11(2)14(19)17-12-7-4-8-15-13(12)18-10-5-9-16-18/h4-10H,3H2,1-2H3,(H,17,19). The minimum absolute atomic E-state index is 0.122. The normalized spacial score (nSPS) is 11.4. The molecule has 98 valence electrons. The van der Waals surface area contributed by atoms with Crippen LogP contribution in [0.3, 0.4) is 0 Å². The summed E-state index contributed by atoms with van der Waals surface area (Å²) in [5, 5.41) is 6.98. The molecule has 5 nitrogen and oxygen atoms in total. The highest BCUT2D eigenvalue weighted by molar-refractivity contribution is 6.04. The summed E-state index contributed by atoms with van der Waals surface area (Å²) < 4.78 is 1.62. The second-order valence-electron chi connectivity index (χ2n) is 4.07. The predicted molar refractivity (Wildman–Crippen MR) is 74.0 cm³/mol. The third-order valence-electron chi connectivity index (χ3n) is 2.62. The van der Waals surface area contributed by atoms with Crippen LogP contribution >= 0.6 is 0 Å². The predicted octanol–water partition coefficient (Wildman–Crippen LogP) is 2.56. The molecule has 5 heteroatoms. The number of hydrogen-bond acceptors (Lipinski definition) is 3. The molecule has 1 N–H and O–H groups in total. The Hall–Kier alpha value is -2.43. The van der Waals surface area contributed by atoms with Gasteiger partial charge in [0, 0.05) is 24.2 Å². The van der Waals surface area contributed by atoms with Crippen molar-refractivity contribution in [3.8, 4) is 5.82 Å². The van der Waals surface area contributed by atoms with E-state index in [0.717, 1.165) is 6.42 Å². The third kappa shape index (κ3) is 3.07. The van der Waals surface area contributed by atoms with Crippen LogP contribution < -0.4 is 5.32 Å². The highest BCUT2D eigenvalue weighted by Gasteiger charge is 2.10. The van der Waals surface area contributed by atoms with Crippen LogP contribution in [0.15, 0.2) is 48.4 Å². The Bertz CT molecular complexity index is 587. The average Bonchev–Trinajstić information content (AvgIpc) is 2.93. The fraction of sp³-hybridized carbons (Fsp3) is 0.214. The lowest BCUT2D eigenvalue weighted by Gasteiger charge is -2.10. The summed E-state index contributed by atoms with van der Waals surface area (Å²) in [6.45, 7) is 3.79. The number of nitrogens with one attached hydrogen (secondary N) is 1. The van der Waals surface area contributed by atoms with E-state index in [9.17, 15) is 4.79 Å². The number of pyridine rings is 1. The maximum absolute atomic E-state index is 12.0. The lowest BCUT2D eigenvalue weighted by atomic mass is 10.2. The number of carbonyl (C=O) groups is 1. The number of anilines is 1. The first-order valence-electron chi connectivity index (χ1n) is 6.15. The topological polar surface area (TPSA) is 59.8 Å². The molecule has 0 radical (unpaired) electrons. The van der Waals surface area contributed by atoms with Crippen LogP contribution in [0, 0.1) is 0 Å². The molecule has 2 heterocycles. The van der Waals surface area contributed by atoms with Gasteiger partial charge in [-0.05, 0) is 31.5 Å². The highest BCUT2D eigenvalue weighted by Crippen LogP contribution is 2.16. The van der Waals surface area contributed by atoms with E-state index in [0.29, 0.717) is 17.1 Å². The fourth-order valence-corrected chi connectivity index (χ4v) is 1.69. The minimum atomic E-state index is -0.122. The third-order valence-corrected chi connectivity index (χ3v) is 2.62. The van der Waals surface area contributed by atoms with Crippen LogP contribution in [0.1, 0.15) is 20.3 Å². The lowest BCUT2D eigenvalue weighted by Crippen LogP contribution is -2.15. The summed E-state index contributed by atoms with van der Waals surface area (Å²) in [5.41, 5.74) is 1.33. The molecular formula is C14H16N4O. The van der Waals surface area contributed by atoms with Crippen LogP contribution in [0.4, 0.5) is 5.69 Å². The van der Waals surface area contributed by atoms with Gasteiger partial charge < -0.3 is 5.32 Å². The zero-order chi connectivity index (χ0) is 13.7. The summed E-state index contributed by atoms with van der Waals surface area (Å²) in [5.74, 6) is 0.480. The number of carbonyl (C=O) groups excluding carboxylic acids is 1. The van der Waals surface area contributed by atoms with Gasteiger partial charge in [-0.15, -0.1) is 0 Å². The van der Waals surface area contributed by atoms with Crippen molar-refractivity contribution in [2.24, 2.45) is 0 Å². The van der Waals surface area contributed by atoms with Gasteiger partial charge in [0.25, 0.3) is 5.91 Å². The quantitative estimate of drug-likeness (QED) is 0.855. The Morgan fingerprint density at radius 3 is 2.95 bits per heavy atom. The van der Waals surface area contributed by atoms with Crippen LogP contribution in [0.5, 0.6) is 0 Å². The summed E-state index contributed by atoms with van der Waals surface area (Å²) in [4.78, 5) is 16.2. The zero-order valence-electron chi connectivity index (χ0n) is 11.0. The van der Waals surface area contributed by atoms with Gasteiger partial charge in [-0.1, -0.05) is 13.0 Å². The average molecular weight is 256 g/mol. The van der Waals surface area contributed by atoms with E-state index in [4.69, 9.17) is 0 Å². The van der Waals surface area contributed by atoms with Crippen molar-refractivity contribution in [2.45, 2.75) is 20.3 Å². The van der Waals surface area contributed by atoms with Crippen LogP contribution in [0.25, 0.3) is 5.82 Å². The number of allylic oxidation sites excluding steroid dienone is 1. The molecule has 0 saturated heterocycles. The maximum atomic E-state index is 12.0. The fourth-order valence-electron chi connectivity index (χ4n) is 1.69. The molecule has 2 aromatic heterocycles. The minimum Gasteiger partial charge on any atom is -0.319 e. The van der Waals surface area contributed by atoms with Crippen LogP contribution in [0.2, 0.25) is 0 Å². The molecule has 0 aliphatic rings. The molecule has 0 saturated carbocycles. The van der Waals surface area contributed by atoms with Gasteiger partial charge in [-0.3, -0.25) is 4.79 Å². The van der Waals surface area contributed by atoms with E-state index in [-0.39, 0.29) is 5.91 Å². The van der Waals surface area contributed by atoms with E-state index in [1.807, 2.05) is 19.1 Å². The van der Waals surface area contributed by atoms with Crippen molar-refractivity contribution in [1.29, 1.82) is 0 Å². The number of amides is 1. The first-order valence-corrected chi connectivity index (χ1v) is 6.15. The number of hydrogen-bond donors (Lipinski definition) is 1. The van der Waals surface area contributed by atoms with Crippen molar-refractivity contribution in [3.05, 3.63) is 48.4 Å². The van der Waals surface area contributed by atoms with Crippen molar-refractivity contribution in [2.75, 3.05) is 5.32 Å². The largest absolute Gasteiger partial charge is 0.319 e. The van der Waals surface area contributed by atoms with E-state index in [1.54, 1.807) is 42.3 Å². The van der Waals surface area contributed by atoms with Gasteiger partial charge in [-0.25, -0.2) is 9.67 Å². The van der Waals surface area contributed by atoms with Crippen molar-refractivity contribution in [1.82, 2.24) is 14.8 Å². The molecule has 0 spiro atoms. The van der Waals surface area contributed by atoms with Crippen LogP contribution in [-0.4, -0.2) is 20.7 Å². The van der Waals surface area contributed by atoms with Crippen LogP contribution in [-0.2, 0) is 4.79 Å². The lowest BCUT2D eigenvalue weighted by molar-refractivity contribution is -0.112. The first kappa shape index (κ1) is 13.0.